The van der Waals surface area contributed by atoms with Crippen molar-refractivity contribution in [3.8, 4) is 0 Å². The molecule has 1 saturated heterocycles. The summed E-state index contributed by atoms with van der Waals surface area (Å²) < 4.78 is 27.2. The van der Waals surface area contributed by atoms with Crippen molar-refractivity contribution in [2.75, 3.05) is 19.6 Å². The molecule has 90 valence electrons. The fourth-order valence-corrected chi connectivity index (χ4v) is 2.98. The molecule has 1 aliphatic rings. The van der Waals surface area contributed by atoms with Crippen LogP contribution in [0.15, 0.2) is 0 Å². The highest BCUT2D eigenvalue weighted by Crippen LogP contribution is 2.11. The Morgan fingerprint density at radius 1 is 1.40 bits per heavy atom. The molecule has 15 heavy (non-hydrogen) atoms. The molecule has 6 heteroatoms. The maximum Gasteiger partial charge on any atom is 0.279 e. The van der Waals surface area contributed by atoms with Crippen molar-refractivity contribution in [3.63, 3.8) is 0 Å². The van der Waals surface area contributed by atoms with Gasteiger partial charge in [0.25, 0.3) is 10.2 Å². The zero-order valence-electron chi connectivity index (χ0n) is 9.15. The van der Waals surface area contributed by atoms with Crippen molar-refractivity contribution < 1.29 is 13.5 Å². The second kappa shape index (κ2) is 5.79. The van der Waals surface area contributed by atoms with Crippen molar-refractivity contribution in [3.05, 3.63) is 0 Å². The molecular formula is C9H20N2O3S. The van der Waals surface area contributed by atoms with Crippen molar-refractivity contribution in [1.29, 1.82) is 0 Å². The van der Waals surface area contributed by atoms with E-state index in [1.54, 1.807) is 0 Å². The lowest BCUT2D eigenvalue weighted by atomic mass is 10.2. The molecule has 0 amide bonds. The molecule has 0 bridgehead atoms. The van der Waals surface area contributed by atoms with Crippen LogP contribution in [0.25, 0.3) is 0 Å². The molecule has 1 rings (SSSR count). The zero-order valence-corrected chi connectivity index (χ0v) is 9.96. The van der Waals surface area contributed by atoms with E-state index in [2.05, 4.69) is 4.72 Å². The molecule has 5 nitrogen and oxygen atoms in total. The van der Waals surface area contributed by atoms with Crippen LogP contribution in [-0.4, -0.2) is 43.6 Å². The second-order valence-corrected chi connectivity index (χ2v) is 5.66. The van der Waals surface area contributed by atoms with E-state index in [1.165, 1.54) is 4.31 Å². The van der Waals surface area contributed by atoms with E-state index >= 15 is 0 Å². The van der Waals surface area contributed by atoms with Crippen LogP contribution in [0.5, 0.6) is 0 Å². The summed E-state index contributed by atoms with van der Waals surface area (Å²) >= 11 is 0. The van der Waals surface area contributed by atoms with E-state index in [9.17, 15) is 13.5 Å². The molecule has 0 aromatic carbocycles. The lowest BCUT2D eigenvalue weighted by molar-refractivity contribution is 0.166. The molecule has 1 unspecified atom stereocenters. The average molecular weight is 236 g/mol. The molecule has 0 radical (unpaired) electrons. The van der Waals surface area contributed by atoms with Crippen molar-refractivity contribution >= 4 is 10.2 Å². The molecule has 0 spiro atoms. The van der Waals surface area contributed by atoms with E-state index in [-0.39, 0.29) is 6.54 Å². The van der Waals surface area contributed by atoms with Crippen molar-refractivity contribution in [1.82, 2.24) is 9.03 Å². The topological polar surface area (TPSA) is 69.6 Å². The molecular weight excluding hydrogens is 216 g/mol. The Bertz CT molecular complexity index is 273. The van der Waals surface area contributed by atoms with Crippen LogP contribution >= 0.6 is 0 Å². The number of rotatable bonds is 6. The third-order valence-electron chi connectivity index (χ3n) is 2.53. The third kappa shape index (κ3) is 4.06. The smallest absolute Gasteiger partial charge is 0.279 e. The number of aliphatic hydroxyl groups is 1. The predicted octanol–water partition coefficient (Wildman–Crippen LogP) is 0.0776. The Morgan fingerprint density at radius 2 is 2.00 bits per heavy atom. The minimum absolute atomic E-state index is 0.118. The van der Waals surface area contributed by atoms with Crippen molar-refractivity contribution in [2.45, 2.75) is 38.7 Å². The summed E-state index contributed by atoms with van der Waals surface area (Å²) in [6, 6.07) is 0. The SMILES string of the molecule is CCCC(O)CNS(=O)(=O)N1CCCC1. The Labute approximate surface area is 91.7 Å². The van der Waals surface area contributed by atoms with Gasteiger partial charge < -0.3 is 5.11 Å². The number of hydrogen-bond donors (Lipinski definition) is 2. The molecule has 0 saturated carbocycles. The van der Waals surface area contributed by atoms with Gasteiger partial charge in [0.15, 0.2) is 0 Å². The first-order chi connectivity index (χ1) is 7.06. The highest BCUT2D eigenvalue weighted by molar-refractivity contribution is 7.87. The Kier molecular flexibility index (Phi) is 4.98. The monoisotopic (exact) mass is 236 g/mol. The molecule has 0 aromatic heterocycles. The van der Waals surface area contributed by atoms with Crippen LogP contribution in [-0.2, 0) is 10.2 Å². The van der Waals surface area contributed by atoms with Gasteiger partial charge in [-0.3, -0.25) is 0 Å². The number of aliphatic hydroxyl groups excluding tert-OH is 1. The first-order valence-electron chi connectivity index (χ1n) is 5.49. The molecule has 1 aliphatic heterocycles. The van der Waals surface area contributed by atoms with Crippen LogP contribution in [0.2, 0.25) is 0 Å². The van der Waals surface area contributed by atoms with Crippen LogP contribution in [0, 0.1) is 0 Å². The van der Waals surface area contributed by atoms with Gasteiger partial charge in [0.2, 0.25) is 0 Å². The van der Waals surface area contributed by atoms with Crippen LogP contribution in [0.1, 0.15) is 32.6 Å². The predicted molar refractivity (Wildman–Crippen MR) is 58.6 cm³/mol. The second-order valence-electron chi connectivity index (χ2n) is 3.90. The largest absolute Gasteiger partial charge is 0.392 e. The van der Waals surface area contributed by atoms with Gasteiger partial charge in [-0.2, -0.15) is 17.4 Å². The molecule has 1 heterocycles. The van der Waals surface area contributed by atoms with Gasteiger partial charge in [-0.05, 0) is 19.3 Å². The minimum atomic E-state index is -3.35. The maximum absolute atomic E-state index is 11.6. The van der Waals surface area contributed by atoms with Crippen LogP contribution in [0.4, 0.5) is 0 Å². The summed E-state index contributed by atoms with van der Waals surface area (Å²) in [5.41, 5.74) is 0. The lowest BCUT2D eigenvalue weighted by Gasteiger charge is -2.17. The van der Waals surface area contributed by atoms with Gasteiger partial charge in [0, 0.05) is 19.6 Å². The molecule has 2 N–H and O–H groups in total. The molecule has 0 aromatic rings. The fraction of sp³-hybridized carbons (Fsp3) is 1.00. The van der Waals surface area contributed by atoms with E-state index in [0.717, 1.165) is 19.3 Å². The summed E-state index contributed by atoms with van der Waals surface area (Å²) in [7, 11) is -3.35. The van der Waals surface area contributed by atoms with Gasteiger partial charge in [0.1, 0.15) is 0 Å². The highest BCUT2D eigenvalue weighted by atomic mass is 32.2. The van der Waals surface area contributed by atoms with E-state index in [1.807, 2.05) is 6.92 Å². The first-order valence-corrected chi connectivity index (χ1v) is 6.93. The first kappa shape index (κ1) is 12.9. The molecule has 1 fully saturated rings. The van der Waals surface area contributed by atoms with Gasteiger partial charge in [-0.25, -0.2) is 0 Å². The van der Waals surface area contributed by atoms with Gasteiger partial charge in [0.05, 0.1) is 6.10 Å². The van der Waals surface area contributed by atoms with Gasteiger partial charge in [-0.15, -0.1) is 0 Å². The standard InChI is InChI=1S/C9H20N2O3S/c1-2-5-9(12)8-10-15(13,14)11-6-3-4-7-11/h9-10,12H,2-8H2,1H3. The normalized spacial score (nSPS) is 20.7. The summed E-state index contributed by atoms with van der Waals surface area (Å²) in [4.78, 5) is 0. The minimum Gasteiger partial charge on any atom is -0.392 e. The molecule has 1 atom stereocenters. The lowest BCUT2D eigenvalue weighted by Crippen LogP contribution is -2.42. The maximum atomic E-state index is 11.6. The highest BCUT2D eigenvalue weighted by Gasteiger charge is 2.25. The summed E-state index contributed by atoms with van der Waals surface area (Å²) in [5.74, 6) is 0. The van der Waals surface area contributed by atoms with E-state index in [0.29, 0.717) is 19.5 Å². The summed E-state index contributed by atoms with van der Waals surface area (Å²) in [6.07, 6.45) is 2.76. The van der Waals surface area contributed by atoms with Gasteiger partial charge in [-0.1, -0.05) is 13.3 Å². The Morgan fingerprint density at radius 3 is 2.53 bits per heavy atom. The van der Waals surface area contributed by atoms with Crippen molar-refractivity contribution in [2.24, 2.45) is 0 Å². The van der Waals surface area contributed by atoms with E-state index < -0.39 is 16.3 Å². The fourth-order valence-electron chi connectivity index (χ4n) is 1.66. The summed E-state index contributed by atoms with van der Waals surface area (Å²) in [5, 5.41) is 9.41. The van der Waals surface area contributed by atoms with E-state index in [4.69, 9.17) is 0 Å². The number of nitrogens with one attached hydrogen (secondary N) is 1. The van der Waals surface area contributed by atoms with Crippen LogP contribution < -0.4 is 4.72 Å². The number of hydrogen-bond acceptors (Lipinski definition) is 3. The quantitative estimate of drug-likeness (QED) is 0.686. The number of nitrogens with zero attached hydrogens (tertiary/aromatic N) is 1. The average Bonchev–Trinajstić information content (AvgIpc) is 2.69. The Balaban J connectivity index is 2.35. The summed E-state index contributed by atoms with van der Waals surface area (Å²) in [6.45, 7) is 3.27. The third-order valence-corrected chi connectivity index (χ3v) is 4.10. The molecule has 0 aliphatic carbocycles. The van der Waals surface area contributed by atoms with Gasteiger partial charge >= 0.3 is 0 Å². The Hall–Kier alpha value is -0.170. The van der Waals surface area contributed by atoms with Crippen LogP contribution in [0.3, 0.4) is 0 Å². The zero-order chi connectivity index (χ0) is 11.3.